The molecule has 0 atom stereocenters. The van der Waals surface area contributed by atoms with Crippen LogP contribution in [-0.2, 0) is 0 Å². The maximum absolute atomic E-state index is 5.59. The van der Waals surface area contributed by atoms with Gasteiger partial charge >= 0.3 is 0 Å². The van der Waals surface area contributed by atoms with Crippen LogP contribution in [0.2, 0.25) is 0 Å². The minimum atomic E-state index is 0.348. The minimum Gasteiger partial charge on any atom is -0.493 e. The van der Waals surface area contributed by atoms with Crippen molar-refractivity contribution in [3.05, 3.63) is 12.1 Å². The van der Waals surface area contributed by atoms with Gasteiger partial charge in [0.2, 0.25) is 0 Å². The first-order valence-corrected chi connectivity index (χ1v) is 4.03. The predicted molar refractivity (Wildman–Crippen MR) is 51.5 cm³/mol. The van der Waals surface area contributed by atoms with Gasteiger partial charge < -0.3 is 19.7 Å². The summed E-state index contributed by atoms with van der Waals surface area (Å²) in [4.78, 5) is 0. The molecule has 0 aliphatic heterocycles. The molecule has 5 nitrogen and oxygen atoms in total. The van der Waals surface area contributed by atoms with E-state index in [4.69, 9.17) is 19.7 Å². The summed E-state index contributed by atoms with van der Waals surface area (Å²) in [5, 5.41) is 4.36. The number of methoxy groups -OCH3 is 2. The van der Waals surface area contributed by atoms with Crippen LogP contribution in [0.15, 0.2) is 16.7 Å². The SMILES string of the molecule is COc1cc2onc(N)c2cc1OC. The zero-order valence-electron chi connectivity index (χ0n) is 7.90. The van der Waals surface area contributed by atoms with Gasteiger partial charge in [-0.1, -0.05) is 5.16 Å². The van der Waals surface area contributed by atoms with Crippen molar-refractivity contribution in [2.75, 3.05) is 20.0 Å². The summed E-state index contributed by atoms with van der Waals surface area (Å²) < 4.78 is 15.2. The summed E-state index contributed by atoms with van der Waals surface area (Å²) in [5.74, 6) is 1.55. The zero-order chi connectivity index (χ0) is 10.1. The van der Waals surface area contributed by atoms with Crippen molar-refractivity contribution >= 4 is 16.8 Å². The second-order valence-electron chi connectivity index (χ2n) is 2.77. The second kappa shape index (κ2) is 3.10. The van der Waals surface area contributed by atoms with Gasteiger partial charge in [0.1, 0.15) is 0 Å². The summed E-state index contributed by atoms with van der Waals surface area (Å²) in [7, 11) is 3.12. The fraction of sp³-hybridized carbons (Fsp3) is 0.222. The summed E-state index contributed by atoms with van der Waals surface area (Å²) in [5.41, 5.74) is 6.17. The van der Waals surface area contributed by atoms with Crippen LogP contribution in [0, 0.1) is 0 Å². The van der Waals surface area contributed by atoms with Crippen LogP contribution in [0.3, 0.4) is 0 Å². The van der Waals surface area contributed by atoms with Crippen LogP contribution >= 0.6 is 0 Å². The van der Waals surface area contributed by atoms with Gasteiger partial charge in [-0.05, 0) is 6.07 Å². The number of hydrogen-bond acceptors (Lipinski definition) is 5. The predicted octanol–water partition coefficient (Wildman–Crippen LogP) is 1.43. The molecule has 74 valence electrons. The summed E-state index contributed by atoms with van der Waals surface area (Å²) in [6, 6.07) is 3.43. The van der Waals surface area contributed by atoms with Crippen molar-refractivity contribution < 1.29 is 14.0 Å². The molecule has 5 heteroatoms. The molecule has 0 radical (unpaired) electrons. The van der Waals surface area contributed by atoms with Crippen LogP contribution < -0.4 is 15.2 Å². The van der Waals surface area contributed by atoms with Crippen LogP contribution in [-0.4, -0.2) is 19.4 Å². The first-order valence-electron chi connectivity index (χ1n) is 4.03. The van der Waals surface area contributed by atoms with Crippen molar-refractivity contribution in [3.8, 4) is 11.5 Å². The van der Waals surface area contributed by atoms with Gasteiger partial charge in [0.05, 0.1) is 19.6 Å². The van der Waals surface area contributed by atoms with Gasteiger partial charge in [-0.2, -0.15) is 0 Å². The second-order valence-corrected chi connectivity index (χ2v) is 2.77. The topological polar surface area (TPSA) is 70.5 Å². The van der Waals surface area contributed by atoms with Gasteiger partial charge in [0.15, 0.2) is 22.9 Å². The quantitative estimate of drug-likeness (QED) is 0.782. The molecular weight excluding hydrogens is 184 g/mol. The van der Waals surface area contributed by atoms with E-state index in [1.54, 1.807) is 26.4 Å². The van der Waals surface area contributed by atoms with Gasteiger partial charge in [0.25, 0.3) is 0 Å². The highest BCUT2D eigenvalue weighted by molar-refractivity contribution is 5.89. The molecule has 0 fully saturated rings. The molecule has 2 N–H and O–H groups in total. The molecule has 1 heterocycles. The maximum atomic E-state index is 5.59. The highest BCUT2D eigenvalue weighted by Crippen LogP contribution is 2.34. The fourth-order valence-electron chi connectivity index (χ4n) is 1.28. The highest BCUT2D eigenvalue weighted by atomic mass is 16.5. The number of nitrogens with zero attached hydrogens (tertiary/aromatic N) is 1. The van der Waals surface area contributed by atoms with Crippen LogP contribution in [0.5, 0.6) is 11.5 Å². The lowest BCUT2D eigenvalue weighted by Gasteiger charge is -2.05. The summed E-state index contributed by atoms with van der Waals surface area (Å²) in [6.07, 6.45) is 0. The molecule has 1 aromatic heterocycles. The molecule has 0 bridgehead atoms. The smallest absolute Gasteiger partial charge is 0.174 e. The molecule has 2 rings (SSSR count). The van der Waals surface area contributed by atoms with E-state index in [1.165, 1.54) is 0 Å². The van der Waals surface area contributed by atoms with Crippen molar-refractivity contribution in [2.45, 2.75) is 0 Å². The van der Waals surface area contributed by atoms with Gasteiger partial charge in [-0.3, -0.25) is 0 Å². The van der Waals surface area contributed by atoms with Gasteiger partial charge in [-0.25, -0.2) is 0 Å². The first-order chi connectivity index (χ1) is 6.76. The van der Waals surface area contributed by atoms with Crippen molar-refractivity contribution in [2.24, 2.45) is 0 Å². The highest BCUT2D eigenvalue weighted by Gasteiger charge is 2.11. The van der Waals surface area contributed by atoms with Crippen molar-refractivity contribution in [3.63, 3.8) is 0 Å². The van der Waals surface area contributed by atoms with E-state index in [9.17, 15) is 0 Å². The lowest BCUT2D eigenvalue weighted by Crippen LogP contribution is -1.90. The fourth-order valence-corrected chi connectivity index (χ4v) is 1.28. The average Bonchev–Trinajstić information content (AvgIpc) is 2.58. The Hall–Kier alpha value is -1.91. The molecule has 0 unspecified atom stereocenters. The molecule has 0 aliphatic carbocycles. The lowest BCUT2D eigenvalue weighted by molar-refractivity contribution is 0.354. The Labute approximate surface area is 80.4 Å². The van der Waals surface area contributed by atoms with Gasteiger partial charge in [0, 0.05) is 6.07 Å². The number of nitrogen functional groups attached to an aromatic ring is 1. The van der Waals surface area contributed by atoms with E-state index in [0.717, 1.165) is 5.39 Å². The Morgan fingerprint density at radius 3 is 2.50 bits per heavy atom. The molecule has 0 saturated carbocycles. The summed E-state index contributed by atoms with van der Waals surface area (Å²) in [6.45, 7) is 0. The zero-order valence-corrected chi connectivity index (χ0v) is 7.90. The molecular formula is C9H10N2O3. The molecule has 0 aliphatic rings. The number of fused-ring (bicyclic) bond motifs is 1. The molecule has 1 aromatic carbocycles. The molecule has 0 saturated heterocycles. The molecule has 14 heavy (non-hydrogen) atoms. The lowest BCUT2D eigenvalue weighted by atomic mass is 10.2. The van der Waals surface area contributed by atoms with E-state index >= 15 is 0 Å². The Bertz CT molecular complexity index is 464. The molecule has 2 aromatic rings. The van der Waals surface area contributed by atoms with Gasteiger partial charge in [-0.15, -0.1) is 0 Å². The number of aromatic nitrogens is 1. The summed E-state index contributed by atoms with van der Waals surface area (Å²) >= 11 is 0. The van der Waals surface area contributed by atoms with Crippen molar-refractivity contribution in [1.82, 2.24) is 5.16 Å². The average molecular weight is 194 g/mol. The van der Waals surface area contributed by atoms with Crippen LogP contribution in [0.1, 0.15) is 0 Å². The number of ether oxygens (including phenoxy) is 2. The third-order valence-electron chi connectivity index (χ3n) is 2.00. The number of benzene rings is 1. The van der Waals surface area contributed by atoms with Crippen molar-refractivity contribution in [1.29, 1.82) is 0 Å². The normalized spacial score (nSPS) is 10.4. The van der Waals surface area contributed by atoms with E-state index in [2.05, 4.69) is 5.16 Å². The standard InChI is InChI=1S/C9H10N2O3/c1-12-7-3-5-6(4-8(7)13-2)14-11-9(5)10/h3-4H,1-2H3,(H2,10,11). The molecule has 0 amide bonds. The third-order valence-corrected chi connectivity index (χ3v) is 2.00. The third kappa shape index (κ3) is 1.14. The maximum Gasteiger partial charge on any atom is 0.174 e. The Balaban J connectivity index is 2.71. The number of nitrogens with two attached hydrogens (primary N) is 1. The number of anilines is 1. The number of rotatable bonds is 2. The van der Waals surface area contributed by atoms with Crippen LogP contribution in [0.25, 0.3) is 11.0 Å². The largest absolute Gasteiger partial charge is 0.493 e. The Morgan fingerprint density at radius 1 is 1.21 bits per heavy atom. The minimum absolute atomic E-state index is 0.348. The van der Waals surface area contributed by atoms with Crippen LogP contribution in [0.4, 0.5) is 5.82 Å². The number of hydrogen-bond donors (Lipinski definition) is 1. The Morgan fingerprint density at radius 2 is 1.86 bits per heavy atom. The monoisotopic (exact) mass is 194 g/mol. The van der Waals surface area contributed by atoms with E-state index in [1.807, 2.05) is 0 Å². The van der Waals surface area contributed by atoms with E-state index < -0.39 is 0 Å². The van der Waals surface area contributed by atoms with E-state index in [0.29, 0.717) is 22.9 Å². The molecule has 0 spiro atoms. The first kappa shape index (κ1) is 8.68. The Kier molecular flexibility index (Phi) is 1.92. The van der Waals surface area contributed by atoms with E-state index in [-0.39, 0.29) is 0 Å².